The van der Waals surface area contributed by atoms with Gasteiger partial charge in [0.25, 0.3) is 0 Å². The van der Waals surface area contributed by atoms with Crippen LogP contribution in [0.25, 0.3) is 0 Å². The zero-order valence-electron chi connectivity index (χ0n) is 14.0. The second-order valence-electron chi connectivity index (χ2n) is 7.11. The van der Waals surface area contributed by atoms with Crippen LogP contribution in [0.5, 0.6) is 0 Å². The van der Waals surface area contributed by atoms with Crippen molar-refractivity contribution in [3.8, 4) is 0 Å². The van der Waals surface area contributed by atoms with Crippen LogP contribution in [0.2, 0.25) is 0 Å². The number of amides is 1. The number of esters is 1. The van der Waals surface area contributed by atoms with E-state index in [4.69, 9.17) is 4.74 Å². The van der Waals surface area contributed by atoms with Gasteiger partial charge in [-0.05, 0) is 51.4 Å². The van der Waals surface area contributed by atoms with Gasteiger partial charge < -0.3 is 15.0 Å². The van der Waals surface area contributed by atoms with Crippen molar-refractivity contribution in [2.24, 2.45) is 11.8 Å². The van der Waals surface area contributed by atoms with Gasteiger partial charge in [0.2, 0.25) is 5.91 Å². The molecule has 6 heteroatoms. The van der Waals surface area contributed by atoms with Crippen LogP contribution in [0, 0.1) is 11.8 Å². The summed E-state index contributed by atoms with van der Waals surface area (Å²) in [5.74, 6) is 0.497. The van der Waals surface area contributed by atoms with Crippen LogP contribution in [0.3, 0.4) is 0 Å². The van der Waals surface area contributed by atoms with E-state index in [-0.39, 0.29) is 30.2 Å². The van der Waals surface area contributed by atoms with Crippen LogP contribution in [0.1, 0.15) is 51.9 Å². The fourth-order valence-electron chi connectivity index (χ4n) is 4.37. The number of hydrogen-bond acceptors (Lipinski definition) is 4. The van der Waals surface area contributed by atoms with Gasteiger partial charge in [0.15, 0.2) is 0 Å². The SMILES string of the molecule is CCOC(=O)C1CCCN(C(=O)CC2CC3CCC(C2)N3)C1.Cl. The largest absolute Gasteiger partial charge is 0.466 e. The molecule has 1 amide bonds. The summed E-state index contributed by atoms with van der Waals surface area (Å²) < 4.78 is 5.11. The number of halogens is 1. The van der Waals surface area contributed by atoms with Crippen molar-refractivity contribution in [1.29, 1.82) is 0 Å². The lowest BCUT2D eigenvalue weighted by Crippen LogP contribution is -2.45. The predicted molar refractivity (Wildman–Crippen MR) is 90.5 cm³/mol. The van der Waals surface area contributed by atoms with E-state index in [1.54, 1.807) is 0 Å². The van der Waals surface area contributed by atoms with Crippen LogP contribution >= 0.6 is 12.4 Å². The Hall–Kier alpha value is -0.810. The predicted octanol–water partition coefficient (Wildman–Crippen LogP) is 2.13. The molecule has 3 fully saturated rings. The van der Waals surface area contributed by atoms with Gasteiger partial charge in [-0.2, -0.15) is 0 Å². The maximum atomic E-state index is 12.6. The van der Waals surface area contributed by atoms with Gasteiger partial charge in [0, 0.05) is 31.6 Å². The first kappa shape index (κ1) is 18.5. The molecule has 3 aliphatic rings. The van der Waals surface area contributed by atoms with Crippen molar-refractivity contribution >= 4 is 24.3 Å². The third-order valence-corrected chi connectivity index (χ3v) is 5.43. The molecule has 3 rings (SSSR count). The summed E-state index contributed by atoms with van der Waals surface area (Å²) in [4.78, 5) is 26.4. The number of nitrogens with zero attached hydrogens (tertiary/aromatic N) is 1. The summed E-state index contributed by atoms with van der Waals surface area (Å²) in [7, 11) is 0. The monoisotopic (exact) mass is 344 g/mol. The lowest BCUT2D eigenvalue weighted by Gasteiger charge is -2.34. The van der Waals surface area contributed by atoms with Crippen molar-refractivity contribution in [2.75, 3.05) is 19.7 Å². The molecule has 0 aromatic carbocycles. The minimum absolute atomic E-state index is 0. The number of ether oxygens (including phenoxy) is 1. The smallest absolute Gasteiger partial charge is 0.310 e. The molecule has 3 unspecified atom stereocenters. The molecular formula is C17H29ClN2O3. The van der Waals surface area contributed by atoms with Crippen molar-refractivity contribution in [1.82, 2.24) is 10.2 Å². The normalized spacial score (nSPS) is 33.0. The third kappa shape index (κ3) is 4.60. The van der Waals surface area contributed by atoms with E-state index in [9.17, 15) is 9.59 Å². The standard InChI is InChI=1S/C17H28N2O3.ClH/c1-2-22-17(21)13-4-3-7-19(11-13)16(20)10-12-8-14-5-6-15(9-12)18-14;/h12-15,18H,2-11H2,1H3;1H. The number of hydrogen-bond donors (Lipinski definition) is 1. The summed E-state index contributed by atoms with van der Waals surface area (Å²) in [6.07, 6.45) is 7.22. The van der Waals surface area contributed by atoms with E-state index >= 15 is 0 Å². The Morgan fingerprint density at radius 3 is 2.52 bits per heavy atom. The van der Waals surface area contributed by atoms with Gasteiger partial charge in [-0.25, -0.2) is 0 Å². The van der Waals surface area contributed by atoms with E-state index in [2.05, 4.69) is 5.32 Å². The number of fused-ring (bicyclic) bond motifs is 2. The fourth-order valence-corrected chi connectivity index (χ4v) is 4.37. The van der Waals surface area contributed by atoms with E-state index in [0.717, 1.165) is 32.2 Å². The summed E-state index contributed by atoms with van der Waals surface area (Å²) in [6, 6.07) is 1.26. The first-order valence-corrected chi connectivity index (χ1v) is 8.86. The molecule has 2 bridgehead atoms. The quantitative estimate of drug-likeness (QED) is 0.794. The Balaban J connectivity index is 0.00000192. The Morgan fingerprint density at radius 1 is 1.17 bits per heavy atom. The molecule has 0 radical (unpaired) electrons. The lowest BCUT2D eigenvalue weighted by molar-refractivity contribution is -0.151. The maximum Gasteiger partial charge on any atom is 0.310 e. The van der Waals surface area contributed by atoms with Crippen LogP contribution in [0.15, 0.2) is 0 Å². The molecule has 0 aromatic heterocycles. The topological polar surface area (TPSA) is 58.6 Å². The van der Waals surface area contributed by atoms with Gasteiger partial charge in [-0.3, -0.25) is 9.59 Å². The molecule has 3 saturated heterocycles. The third-order valence-electron chi connectivity index (χ3n) is 5.43. The van der Waals surface area contributed by atoms with Crippen molar-refractivity contribution in [3.63, 3.8) is 0 Å². The number of carbonyl (C=O) groups is 2. The van der Waals surface area contributed by atoms with Gasteiger partial charge in [0.05, 0.1) is 12.5 Å². The first-order chi connectivity index (χ1) is 10.7. The summed E-state index contributed by atoms with van der Waals surface area (Å²) in [6.45, 7) is 3.60. The minimum atomic E-state index is -0.139. The average molecular weight is 345 g/mol. The van der Waals surface area contributed by atoms with E-state index in [0.29, 0.717) is 37.6 Å². The van der Waals surface area contributed by atoms with Crippen molar-refractivity contribution in [3.05, 3.63) is 0 Å². The highest BCUT2D eigenvalue weighted by Crippen LogP contribution is 2.33. The highest BCUT2D eigenvalue weighted by atomic mass is 35.5. The van der Waals surface area contributed by atoms with Gasteiger partial charge in [-0.1, -0.05) is 0 Å². The highest BCUT2D eigenvalue weighted by Gasteiger charge is 2.36. The molecule has 132 valence electrons. The van der Waals surface area contributed by atoms with Crippen LogP contribution in [-0.4, -0.2) is 48.6 Å². The van der Waals surface area contributed by atoms with Crippen molar-refractivity contribution < 1.29 is 14.3 Å². The molecule has 0 aliphatic carbocycles. The second-order valence-corrected chi connectivity index (χ2v) is 7.11. The Kier molecular flexibility index (Phi) is 6.72. The van der Waals surface area contributed by atoms with E-state index < -0.39 is 0 Å². The zero-order chi connectivity index (χ0) is 15.5. The Labute approximate surface area is 144 Å². The number of carbonyl (C=O) groups excluding carboxylic acids is 2. The average Bonchev–Trinajstić information content (AvgIpc) is 2.86. The molecule has 0 saturated carbocycles. The lowest BCUT2D eigenvalue weighted by atomic mass is 9.88. The molecule has 3 aliphatic heterocycles. The minimum Gasteiger partial charge on any atom is -0.466 e. The van der Waals surface area contributed by atoms with Crippen molar-refractivity contribution in [2.45, 2.75) is 64.0 Å². The molecule has 0 aromatic rings. The highest BCUT2D eigenvalue weighted by molar-refractivity contribution is 5.85. The number of nitrogens with one attached hydrogen (secondary N) is 1. The molecule has 0 spiro atoms. The maximum absolute atomic E-state index is 12.6. The Bertz CT molecular complexity index is 420. The van der Waals surface area contributed by atoms with Crippen LogP contribution in [-0.2, 0) is 14.3 Å². The summed E-state index contributed by atoms with van der Waals surface area (Å²) >= 11 is 0. The second kappa shape index (κ2) is 8.34. The van der Waals surface area contributed by atoms with Crippen LogP contribution < -0.4 is 5.32 Å². The summed E-state index contributed by atoms with van der Waals surface area (Å²) in [5.41, 5.74) is 0. The van der Waals surface area contributed by atoms with Crippen LogP contribution in [0.4, 0.5) is 0 Å². The molecular weight excluding hydrogens is 316 g/mol. The van der Waals surface area contributed by atoms with Gasteiger partial charge >= 0.3 is 5.97 Å². The fraction of sp³-hybridized carbons (Fsp3) is 0.882. The molecule has 1 N–H and O–H groups in total. The molecule has 23 heavy (non-hydrogen) atoms. The zero-order valence-corrected chi connectivity index (χ0v) is 14.8. The number of piperidine rings is 2. The first-order valence-electron chi connectivity index (χ1n) is 8.86. The molecule has 3 heterocycles. The van der Waals surface area contributed by atoms with E-state index in [1.165, 1.54) is 12.8 Å². The Morgan fingerprint density at radius 2 is 1.87 bits per heavy atom. The van der Waals surface area contributed by atoms with Gasteiger partial charge in [0.1, 0.15) is 0 Å². The molecule has 3 atom stereocenters. The number of rotatable bonds is 4. The number of likely N-dealkylation sites (tertiary alicyclic amines) is 1. The van der Waals surface area contributed by atoms with Gasteiger partial charge in [-0.15, -0.1) is 12.4 Å². The van der Waals surface area contributed by atoms with E-state index in [1.807, 2.05) is 11.8 Å². The summed E-state index contributed by atoms with van der Waals surface area (Å²) in [5, 5.41) is 3.62. The molecule has 5 nitrogen and oxygen atoms in total.